The van der Waals surface area contributed by atoms with Gasteiger partial charge in [0.05, 0.1) is 5.69 Å². The lowest BCUT2D eigenvalue weighted by atomic mass is 10.2. The molecule has 1 N–H and O–H groups in total. The van der Waals surface area contributed by atoms with E-state index in [9.17, 15) is 9.18 Å². The van der Waals surface area contributed by atoms with E-state index in [1.54, 1.807) is 36.4 Å². The smallest absolute Gasteiger partial charge is 0.196 e. The summed E-state index contributed by atoms with van der Waals surface area (Å²) in [5, 5.41) is 4.93. The minimum atomic E-state index is -0.244. The van der Waals surface area contributed by atoms with Gasteiger partial charge in [0.1, 0.15) is 5.82 Å². The summed E-state index contributed by atoms with van der Waals surface area (Å²) in [6, 6.07) is 13.6. The quantitative estimate of drug-likeness (QED) is 0.504. The minimum absolute atomic E-state index is 0.0957. The van der Waals surface area contributed by atoms with Crippen LogP contribution >= 0.6 is 11.6 Å². The Morgan fingerprint density at radius 3 is 2.23 bits per heavy atom. The zero-order valence-electron chi connectivity index (χ0n) is 14.5. The number of carbonyl (C=O) groups is 1. The van der Waals surface area contributed by atoms with E-state index in [2.05, 4.69) is 15.4 Å². The van der Waals surface area contributed by atoms with Crippen LogP contribution < -0.4 is 10.3 Å². The first-order chi connectivity index (χ1) is 12.5. The molecule has 0 unspecified atom stereocenters. The molecule has 0 spiro atoms. The average molecular weight is 375 g/mol. The maximum absolute atomic E-state index is 13.1. The van der Waals surface area contributed by atoms with Crippen molar-refractivity contribution in [2.24, 2.45) is 5.10 Å². The first kappa shape index (κ1) is 18.2. The Morgan fingerprint density at radius 1 is 1.04 bits per heavy atom. The predicted octanol–water partition coefficient (Wildman–Crippen LogP) is 3.62. The van der Waals surface area contributed by atoms with E-state index in [0.29, 0.717) is 23.9 Å². The van der Waals surface area contributed by atoms with E-state index >= 15 is 0 Å². The van der Waals surface area contributed by atoms with E-state index < -0.39 is 0 Å². The van der Waals surface area contributed by atoms with Gasteiger partial charge in [-0.15, -0.1) is 0 Å². The lowest BCUT2D eigenvalue weighted by molar-refractivity contribution is -0.111. The van der Waals surface area contributed by atoms with Crippen LogP contribution in [0.2, 0.25) is 5.02 Å². The molecule has 1 fully saturated rings. The van der Waals surface area contributed by atoms with Gasteiger partial charge in [-0.1, -0.05) is 11.6 Å². The van der Waals surface area contributed by atoms with Crippen molar-refractivity contribution in [2.75, 3.05) is 36.5 Å². The second-order valence-electron chi connectivity index (χ2n) is 6.06. The molecule has 3 rings (SSSR count). The molecule has 0 aliphatic carbocycles. The number of rotatable bonds is 4. The lowest BCUT2D eigenvalue weighted by Gasteiger charge is -2.37. The van der Waals surface area contributed by atoms with Crippen LogP contribution in [-0.4, -0.2) is 42.7 Å². The molecule has 7 heteroatoms. The lowest BCUT2D eigenvalue weighted by Crippen LogP contribution is -2.50. The van der Waals surface area contributed by atoms with Gasteiger partial charge in [-0.3, -0.25) is 10.2 Å². The van der Waals surface area contributed by atoms with E-state index in [1.165, 1.54) is 19.1 Å². The van der Waals surface area contributed by atoms with Crippen LogP contribution in [0.5, 0.6) is 0 Å². The second kappa shape index (κ2) is 8.19. The van der Waals surface area contributed by atoms with Crippen molar-refractivity contribution in [2.45, 2.75) is 6.92 Å². The van der Waals surface area contributed by atoms with Gasteiger partial charge >= 0.3 is 0 Å². The van der Waals surface area contributed by atoms with Gasteiger partial charge in [0.25, 0.3) is 0 Å². The number of halogens is 2. The fourth-order valence-corrected chi connectivity index (χ4v) is 2.97. The van der Waals surface area contributed by atoms with Crippen molar-refractivity contribution in [1.29, 1.82) is 0 Å². The summed E-state index contributed by atoms with van der Waals surface area (Å²) < 4.78 is 13.1. The van der Waals surface area contributed by atoms with Gasteiger partial charge < -0.3 is 9.80 Å². The van der Waals surface area contributed by atoms with Gasteiger partial charge in [0.2, 0.25) is 0 Å². The van der Waals surface area contributed by atoms with Crippen molar-refractivity contribution in [3.63, 3.8) is 0 Å². The molecule has 1 saturated heterocycles. The number of piperazine rings is 1. The maximum Gasteiger partial charge on any atom is 0.196 e. The third-order valence-corrected chi connectivity index (χ3v) is 4.47. The Kier molecular flexibility index (Phi) is 5.73. The number of hydrogen-bond acceptors (Lipinski definition) is 4. The summed E-state index contributed by atoms with van der Waals surface area (Å²) >= 11 is 5.87. The van der Waals surface area contributed by atoms with E-state index in [0.717, 1.165) is 24.5 Å². The summed E-state index contributed by atoms with van der Waals surface area (Å²) in [6.07, 6.45) is 0. The van der Waals surface area contributed by atoms with Crippen molar-refractivity contribution >= 4 is 34.6 Å². The number of amidine groups is 1. The van der Waals surface area contributed by atoms with E-state index in [4.69, 9.17) is 11.6 Å². The number of hydrazone groups is 1. The van der Waals surface area contributed by atoms with E-state index in [-0.39, 0.29) is 11.6 Å². The molecule has 5 nitrogen and oxygen atoms in total. The Balaban J connectivity index is 1.64. The Morgan fingerprint density at radius 2 is 1.65 bits per heavy atom. The molecule has 0 bridgehead atoms. The van der Waals surface area contributed by atoms with Crippen LogP contribution in [0.15, 0.2) is 53.6 Å². The molecule has 1 heterocycles. The SMILES string of the molecule is CC(=O)/C(=N/Nc1ccc(Cl)cc1)N1CCN(c2ccc(F)cc2)CC1. The van der Waals surface area contributed by atoms with Crippen LogP contribution in [0.4, 0.5) is 15.8 Å². The van der Waals surface area contributed by atoms with Gasteiger partial charge in [-0.2, -0.15) is 5.10 Å². The first-order valence-corrected chi connectivity index (χ1v) is 8.76. The van der Waals surface area contributed by atoms with Crippen LogP contribution in [0.25, 0.3) is 0 Å². The Labute approximate surface area is 157 Å². The van der Waals surface area contributed by atoms with Crippen LogP contribution in [-0.2, 0) is 4.79 Å². The number of anilines is 2. The Hall–Kier alpha value is -2.60. The third-order valence-electron chi connectivity index (χ3n) is 4.22. The number of benzene rings is 2. The molecule has 2 aromatic carbocycles. The first-order valence-electron chi connectivity index (χ1n) is 8.38. The molecule has 0 saturated carbocycles. The topological polar surface area (TPSA) is 47.9 Å². The molecule has 136 valence electrons. The van der Waals surface area contributed by atoms with Gasteiger partial charge in [0, 0.05) is 43.8 Å². The standard InChI is InChI=1S/C19H20ClFN4O/c1-14(26)19(23-22-17-6-2-15(20)3-7-17)25-12-10-24(11-13-25)18-8-4-16(21)5-9-18/h2-9,22H,10-13H2,1H3/b23-19-. The molecule has 0 radical (unpaired) electrons. The fourth-order valence-electron chi connectivity index (χ4n) is 2.84. The summed E-state index contributed by atoms with van der Waals surface area (Å²) in [6.45, 7) is 4.31. The monoisotopic (exact) mass is 374 g/mol. The molecular weight excluding hydrogens is 355 g/mol. The van der Waals surface area contributed by atoms with Gasteiger partial charge in [-0.05, 0) is 48.5 Å². The van der Waals surface area contributed by atoms with Gasteiger partial charge in [-0.25, -0.2) is 4.39 Å². The van der Waals surface area contributed by atoms with E-state index in [1.807, 2.05) is 4.90 Å². The summed E-state index contributed by atoms with van der Waals surface area (Å²) in [5.74, 6) is 0.0621. The van der Waals surface area contributed by atoms with Crippen molar-refractivity contribution < 1.29 is 9.18 Å². The number of Topliss-reactive ketones (excluding diaryl/α,β-unsaturated/α-hetero) is 1. The van der Waals surface area contributed by atoms with Crippen LogP contribution in [0, 0.1) is 5.82 Å². The normalized spacial score (nSPS) is 15.1. The number of nitrogens with zero attached hydrogens (tertiary/aromatic N) is 3. The van der Waals surface area contributed by atoms with Crippen LogP contribution in [0.3, 0.4) is 0 Å². The number of nitrogens with one attached hydrogen (secondary N) is 1. The molecule has 26 heavy (non-hydrogen) atoms. The van der Waals surface area contributed by atoms with Crippen molar-refractivity contribution in [3.8, 4) is 0 Å². The molecule has 1 aliphatic heterocycles. The zero-order chi connectivity index (χ0) is 18.5. The minimum Gasteiger partial charge on any atom is -0.368 e. The average Bonchev–Trinajstić information content (AvgIpc) is 2.64. The molecule has 0 amide bonds. The molecule has 1 aliphatic rings. The van der Waals surface area contributed by atoms with Crippen molar-refractivity contribution in [3.05, 3.63) is 59.4 Å². The zero-order valence-corrected chi connectivity index (χ0v) is 15.2. The second-order valence-corrected chi connectivity index (χ2v) is 6.50. The van der Waals surface area contributed by atoms with Gasteiger partial charge in [0.15, 0.2) is 11.6 Å². The Bertz CT molecular complexity index is 784. The highest BCUT2D eigenvalue weighted by Gasteiger charge is 2.22. The summed E-state index contributed by atoms with van der Waals surface area (Å²) in [4.78, 5) is 16.1. The largest absolute Gasteiger partial charge is 0.368 e. The number of hydrogen-bond donors (Lipinski definition) is 1. The predicted molar refractivity (Wildman–Crippen MR) is 103 cm³/mol. The molecule has 2 aromatic rings. The summed E-state index contributed by atoms with van der Waals surface area (Å²) in [7, 11) is 0. The summed E-state index contributed by atoms with van der Waals surface area (Å²) in [5.41, 5.74) is 4.65. The van der Waals surface area contributed by atoms with Crippen LogP contribution in [0.1, 0.15) is 6.92 Å². The fraction of sp³-hybridized carbons (Fsp3) is 0.263. The third kappa shape index (κ3) is 4.52. The number of ketones is 1. The highest BCUT2D eigenvalue weighted by Crippen LogP contribution is 2.18. The number of carbonyl (C=O) groups excluding carboxylic acids is 1. The maximum atomic E-state index is 13.1. The highest BCUT2D eigenvalue weighted by molar-refractivity contribution is 6.38. The highest BCUT2D eigenvalue weighted by atomic mass is 35.5. The molecule has 0 atom stereocenters. The van der Waals surface area contributed by atoms with Crippen molar-refractivity contribution in [1.82, 2.24) is 4.90 Å². The molecular formula is C19H20ClFN4O. The molecule has 0 aromatic heterocycles.